The molecule has 1 aromatic rings. The van der Waals surface area contributed by atoms with Gasteiger partial charge in [-0.3, -0.25) is 18.7 Å². The van der Waals surface area contributed by atoms with E-state index < -0.39 is 11.7 Å². The standard InChI is InChI=1S/C11H16N2O4/c1-4-13-10(15)8(3)6-12(11(13)16)7-9(14)17-5-2/h6H,4-5,7H2,1-3H3. The summed E-state index contributed by atoms with van der Waals surface area (Å²) in [4.78, 5) is 34.7. The summed E-state index contributed by atoms with van der Waals surface area (Å²) >= 11 is 0. The van der Waals surface area contributed by atoms with Crippen LogP contribution in [0.1, 0.15) is 19.4 Å². The summed E-state index contributed by atoms with van der Waals surface area (Å²) in [6.45, 7) is 5.38. The topological polar surface area (TPSA) is 70.3 Å². The second-order valence-electron chi connectivity index (χ2n) is 3.58. The van der Waals surface area contributed by atoms with Gasteiger partial charge in [0.1, 0.15) is 6.54 Å². The van der Waals surface area contributed by atoms with Gasteiger partial charge in [-0.15, -0.1) is 0 Å². The minimum absolute atomic E-state index is 0.173. The molecular formula is C11H16N2O4. The average Bonchev–Trinajstić information content (AvgIpc) is 2.27. The summed E-state index contributed by atoms with van der Waals surface area (Å²) in [5.74, 6) is -0.490. The number of esters is 1. The number of aryl methyl sites for hydroxylation is 1. The molecule has 0 amide bonds. The van der Waals surface area contributed by atoms with Gasteiger partial charge in [0, 0.05) is 18.3 Å². The third-order valence-corrected chi connectivity index (χ3v) is 2.33. The first-order valence-corrected chi connectivity index (χ1v) is 5.47. The summed E-state index contributed by atoms with van der Waals surface area (Å²) in [7, 11) is 0. The summed E-state index contributed by atoms with van der Waals surface area (Å²) in [6, 6.07) is 0. The van der Waals surface area contributed by atoms with Crippen molar-refractivity contribution in [3.8, 4) is 0 Å². The van der Waals surface area contributed by atoms with Crippen LogP contribution in [0.4, 0.5) is 0 Å². The third-order valence-electron chi connectivity index (χ3n) is 2.33. The lowest BCUT2D eigenvalue weighted by Crippen LogP contribution is -2.41. The van der Waals surface area contributed by atoms with Crippen LogP contribution in [0.3, 0.4) is 0 Å². The molecule has 0 aliphatic carbocycles. The average molecular weight is 240 g/mol. The van der Waals surface area contributed by atoms with Crippen molar-refractivity contribution in [1.82, 2.24) is 9.13 Å². The molecule has 0 N–H and O–H groups in total. The fourth-order valence-electron chi connectivity index (χ4n) is 1.54. The number of aromatic nitrogens is 2. The van der Waals surface area contributed by atoms with Crippen LogP contribution in [0.5, 0.6) is 0 Å². The fraction of sp³-hybridized carbons (Fsp3) is 0.545. The van der Waals surface area contributed by atoms with Gasteiger partial charge in [-0.2, -0.15) is 0 Å². The van der Waals surface area contributed by atoms with Crippen LogP contribution in [-0.2, 0) is 22.6 Å². The smallest absolute Gasteiger partial charge is 0.331 e. The number of nitrogens with zero attached hydrogens (tertiary/aromatic N) is 2. The SMILES string of the molecule is CCOC(=O)Cn1cc(C)c(=O)n(CC)c1=O. The molecular weight excluding hydrogens is 224 g/mol. The molecule has 1 aromatic heterocycles. The van der Waals surface area contributed by atoms with E-state index in [9.17, 15) is 14.4 Å². The number of hydrogen-bond donors (Lipinski definition) is 0. The highest BCUT2D eigenvalue weighted by molar-refractivity contribution is 5.69. The van der Waals surface area contributed by atoms with E-state index in [4.69, 9.17) is 4.74 Å². The van der Waals surface area contributed by atoms with Crippen molar-refractivity contribution in [1.29, 1.82) is 0 Å². The Bertz CT molecular complexity index is 527. The van der Waals surface area contributed by atoms with Gasteiger partial charge >= 0.3 is 11.7 Å². The van der Waals surface area contributed by atoms with Crippen molar-refractivity contribution in [3.63, 3.8) is 0 Å². The minimum atomic E-state index is -0.490. The van der Waals surface area contributed by atoms with Crippen LogP contribution in [0, 0.1) is 6.92 Å². The second-order valence-corrected chi connectivity index (χ2v) is 3.58. The molecule has 0 aliphatic rings. The van der Waals surface area contributed by atoms with Crippen molar-refractivity contribution in [3.05, 3.63) is 32.6 Å². The van der Waals surface area contributed by atoms with E-state index >= 15 is 0 Å². The lowest BCUT2D eigenvalue weighted by atomic mass is 10.3. The Hall–Kier alpha value is -1.85. The Balaban J connectivity index is 3.18. The highest BCUT2D eigenvalue weighted by Crippen LogP contribution is 1.89. The van der Waals surface area contributed by atoms with E-state index in [-0.39, 0.29) is 25.3 Å². The van der Waals surface area contributed by atoms with E-state index in [1.165, 1.54) is 10.8 Å². The monoisotopic (exact) mass is 240 g/mol. The summed E-state index contributed by atoms with van der Waals surface area (Å²) in [6.07, 6.45) is 1.38. The molecule has 0 atom stereocenters. The van der Waals surface area contributed by atoms with Crippen molar-refractivity contribution in [2.75, 3.05) is 6.61 Å². The Morgan fingerprint density at radius 1 is 1.35 bits per heavy atom. The van der Waals surface area contributed by atoms with Crippen LogP contribution in [-0.4, -0.2) is 21.7 Å². The van der Waals surface area contributed by atoms with E-state index in [1.54, 1.807) is 20.8 Å². The maximum atomic E-state index is 11.8. The predicted octanol–water partition coefficient (Wildman–Crippen LogP) is -0.0986. The zero-order valence-corrected chi connectivity index (χ0v) is 10.2. The molecule has 6 nitrogen and oxygen atoms in total. The van der Waals surface area contributed by atoms with Gasteiger partial charge in [0.25, 0.3) is 5.56 Å². The van der Waals surface area contributed by atoms with Crippen LogP contribution in [0.2, 0.25) is 0 Å². The molecule has 1 rings (SSSR count). The highest BCUT2D eigenvalue weighted by atomic mass is 16.5. The van der Waals surface area contributed by atoms with Gasteiger partial charge in [-0.25, -0.2) is 4.79 Å². The maximum absolute atomic E-state index is 11.8. The van der Waals surface area contributed by atoms with Gasteiger partial charge < -0.3 is 4.74 Å². The molecule has 0 saturated carbocycles. The molecule has 0 unspecified atom stereocenters. The van der Waals surface area contributed by atoms with Crippen molar-refractivity contribution >= 4 is 5.97 Å². The molecule has 0 radical (unpaired) electrons. The van der Waals surface area contributed by atoms with Gasteiger partial charge in [-0.05, 0) is 20.8 Å². The van der Waals surface area contributed by atoms with Gasteiger partial charge in [0.05, 0.1) is 6.61 Å². The third kappa shape index (κ3) is 2.83. The van der Waals surface area contributed by atoms with Crippen molar-refractivity contribution in [2.24, 2.45) is 0 Å². The molecule has 0 fully saturated rings. The molecule has 6 heteroatoms. The van der Waals surface area contributed by atoms with E-state index in [2.05, 4.69) is 0 Å². The quantitative estimate of drug-likeness (QED) is 0.689. The van der Waals surface area contributed by atoms with Crippen molar-refractivity contribution < 1.29 is 9.53 Å². The molecule has 1 heterocycles. The number of rotatable bonds is 4. The van der Waals surface area contributed by atoms with Crippen LogP contribution in [0.25, 0.3) is 0 Å². The largest absolute Gasteiger partial charge is 0.465 e. The first-order chi connectivity index (χ1) is 8.01. The molecule has 0 aliphatic heterocycles. The minimum Gasteiger partial charge on any atom is -0.465 e. The van der Waals surface area contributed by atoms with Gasteiger partial charge in [0.2, 0.25) is 0 Å². The number of carbonyl (C=O) groups excluding carboxylic acids is 1. The number of carbonyl (C=O) groups is 1. The second kappa shape index (κ2) is 5.47. The maximum Gasteiger partial charge on any atom is 0.331 e. The molecule has 0 bridgehead atoms. The van der Waals surface area contributed by atoms with Crippen LogP contribution in [0.15, 0.2) is 15.8 Å². The first-order valence-electron chi connectivity index (χ1n) is 5.47. The first kappa shape index (κ1) is 13.2. The van der Waals surface area contributed by atoms with Gasteiger partial charge in [-0.1, -0.05) is 0 Å². The lowest BCUT2D eigenvalue weighted by molar-refractivity contribution is -0.143. The summed E-state index contributed by atoms with van der Waals surface area (Å²) in [5, 5.41) is 0. The molecule has 94 valence electrons. The predicted molar refractivity (Wildman–Crippen MR) is 62.0 cm³/mol. The Labute approximate surface area is 98.4 Å². The molecule has 0 aromatic carbocycles. The molecule has 0 saturated heterocycles. The Kier molecular flexibility index (Phi) is 4.25. The zero-order valence-electron chi connectivity index (χ0n) is 10.2. The van der Waals surface area contributed by atoms with Crippen molar-refractivity contribution in [2.45, 2.75) is 33.9 Å². The van der Waals surface area contributed by atoms with E-state index in [0.29, 0.717) is 5.56 Å². The van der Waals surface area contributed by atoms with Crippen LogP contribution < -0.4 is 11.2 Å². The molecule has 17 heavy (non-hydrogen) atoms. The summed E-state index contributed by atoms with van der Waals surface area (Å²) < 4.78 is 7.04. The highest BCUT2D eigenvalue weighted by Gasteiger charge is 2.10. The van der Waals surface area contributed by atoms with E-state index in [0.717, 1.165) is 4.57 Å². The fourth-order valence-corrected chi connectivity index (χ4v) is 1.54. The molecule has 0 spiro atoms. The normalized spacial score (nSPS) is 10.3. The zero-order chi connectivity index (χ0) is 13.0. The lowest BCUT2D eigenvalue weighted by Gasteiger charge is -2.09. The van der Waals surface area contributed by atoms with E-state index in [1.807, 2.05) is 0 Å². The Morgan fingerprint density at radius 2 is 2.00 bits per heavy atom. The van der Waals surface area contributed by atoms with Crippen LogP contribution >= 0.6 is 0 Å². The number of ether oxygens (including phenoxy) is 1. The number of hydrogen-bond acceptors (Lipinski definition) is 4. The Morgan fingerprint density at radius 3 is 2.53 bits per heavy atom. The van der Waals surface area contributed by atoms with Gasteiger partial charge in [0.15, 0.2) is 0 Å². The summed E-state index contributed by atoms with van der Waals surface area (Å²) in [5.41, 5.74) is -0.385.